The third-order valence-corrected chi connectivity index (χ3v) is 8.78. The fraction of sp³-hybridized carbons (Fsp3) is 0.333. The van der Waals surface area contributed by atoms with Gasteiger partial charge in [0.2, 0.25) is 0 Å². The van der Waals surface area contributed by atoms with Crippen molar-refractivity contribution in [3.63, 3.8) is 0 Å². The molecule has 4 aromatic rings. The van der Waals surface area contributed by atoms with Crippen molar-refractivity contribution in [2.75, 3.05) is 38.1 Å². The summed E-state index contributed by atoms with van der Waals surface area (Å²) in [5.41, 5.74) is 11.9. The highest BCUT2D eigenvalue weighted by Crippen LogP contribution is 2.47. The summed E-state index contributed by atoms with van der Waals surface area (Å²) < 4.78 is 0. The average molecular weight is 512 g/mol. The molecule has 6 rings (SSSR count). The Hall–Kier alpha value is -3.10. The lowest BCUT2D eigenvalue weighted by atomic mass is 9.63. The van der Waals surface area contributed by atoms with Gasteiger partial charge in [-0.1, -0.05) is 54.6 Å². The van der Waals surface area contributed by atoms with Crippen LogP contribution in [0.1, 0.15) is 25.3 Å². The van der Waals surface area contributed by atoms with Crippen molar-refractivity contribution in [1.29, 1.82) is 0 Å². The second kappa shape index (κ2) is 9.33. The van der Waals surface area contributed by atoms with Crippen LogP contribution in [0.4, 0.5) is 5.69 Å². The minimum Gasteiger partial charge on any atom is -0.390 e. The van der Waals surface area contributed by atoms with Crippen LogP contribution < -0.4 is 10.6 Å². The topological polar surface area (TPSA) is 78.5 Å². The molecule has 6 nitrogen and oxygen atoms in total. The van der Waals surface area contributed by atoms with Gasteiger partial charge in [-0.25, -0.2) is 4.98 Å². The van der Waals surface area contributed by atoms with Crippen molar-refractivity contribution in [2.45, 2.75) is 30.9 Å². The highest BCUT2D eigenvalue weighted by molar-refractivity contribution is 7.19. The maximum absolute atomic E-state index is 10.2. The smallest absolute Gasteiger partial charge is 0.126 e. The van der Waals surface area contributed by atoms with Crippen molar-refractivity contribution >= 4 is 17.0 Å². The van der Waals surface area contributed by atoms with Gasteiger partial charge in [-0.15, -0.1) is 11.3 Å². The monoisotopic (exact) mass is 511 g/mol. The SMILES string of the molecule is CN1CCN(c2cncc(-c3nc(-c4ccc(C5(N)CC(C)(O)C5)cc4)c(-c4ccccc4)s3)c2)CC1. The fourth-order valence-electron chi connectivity index (χ4n) is 5.68. The number of piperazine rings is 1. The molecule has 1 saturated carbocycles. The third kappa shape index (κ3) is 4.80. The lowest BCUT2D eigenvalue weighted by Crippen LogP contribution is -2.58. The number of nitrogens with two attached hydrogens (primary N) is 1. The van der Waals surface area contributed by atoms with Gasteiger partial charge in [0.15, 0.2) is 0 Å². The van der Waals surface area contributed by atoms with Crippen LogP contribution in [0.3, 0.4) is 0 Å². The van der Waals surface area contributed by atoms with Crippen LogP contribution in [-0.2, 0) is 5.54 Å². The maximum Gasteiger partial charge on any atom is 0.126 e. The van der Waals surface area contributed by atoms with Crippen molar-refractivity contribution < 1.29 is 5.11 Å². The summed E-state index contributed by atoms with van der Waals surface area (Å²) in [7, 11) is 2.17. The summed E-state index contributed by atoms with van der Waals surface area (Å²) in [5.74, 6) is 0. The number of hydrogen-bond donors (Lipinski definition) is 2. The lowest BCUT2D eigenvalue weighted by Gasteiger charge is -2.49. The van der Waals surface area contributed by atoms with Crippen LogP contribution in [0.15, 0.2) is 73.1 Å². The zero-order valence-corrected chi connectivity index (χ0v) is 22.2. The summed E-state index contributed by atoms with van der Waals surface area (Å²) in [6.07, 6.45) is 5.03. The predicted octanol–water partition coefficient (Wildman–Crippen LogP) is 4.99. The Labute approximate surface area is 222 Å². The summed E-state index contributed by atoms with van der Waals surface area (Å²) in [6.45, 7) is 5.97. The molecule has 0 bridgehead atoms. The predicted molar refractivity (Wildman–Crippen MR) is 152 cm³/mol. The lowest BCUT2D eigenvalue weighted by molar-refractivity contribution is -0.0738. The quantitative estimate of drug-likeness (QED) is 0.393. The van der Waals surface area contributed by atoms with E-state index in [1.165, 1.54) is 0 Å². The van der Waals surface area contributed by atoms with E-state index in [1.54, 1.807) is 11.3 Å². The van der Waals surface area contributed by atoms with Gasteiger partial charge in [0.05, 0.1) is 28.1 Å². The van der Waals surface area contributed by atoms with Gasteiger partial charge < -0.3 is 20.6 Å². The van der Waals surface area contributed by atoms with E-state index in [2.05, 4.69) is 76.4 Å². The summed E-state index contributed by atoms with van der Waals surface area (Å²) in [5, 5.41) is 11.2. The molecule has 7 heteroatoms. The van der Waals surface area contributed by atoms with Crippen LogP contribution in [0.2, 0.25) is 0 Å². The molecule has 0 radical (unpaired) electrons. The Morgan fingerprint density at radius 2 is 1.59 bits per heavy atom. The molecule has 3 N–H and O–H groups in total. The molecule has 0 atom stereocenters. The van der Waals surface area contributed by atoms with Gasteiger partial charge >= 0.3 is 0 Å². The molecule has 2 aliphatic rings. The van der Waals surface area contributed by atoms with Crippen LogP contribution in [0, 0.1) is 0 Å². The van der Waals surface area contributed by atoms with E-state index < -0.39 is 11.1 Å². The molecule has 2 aromatic carbocycles. The highest BCUT2D eigenvalue weighted by atomic mass is 32.1. The molecule has 0 unspecified atom stereocenters. The summed E-state index contributed by atoms with van der Waals surface area (Å²) in [6, 6.07) is 21.1. The molecule has 1 aliphatic heterocycles. The largest absolute Gasteiger partial charge is 0.390 e. The molecular weight excluding hydrogens is 478 g/mol. The molecule has 0 amide bonds. The normalized spacial score (nSPS) is 24.2. The van der Waals surface area contributed by atoms with E-state index in [0.717, 1.165) is 69.7 Å². The van der Waals surface area contributed by atoms with Crippen molar-refractivity contribution in [2.24, 2.45) is 5.73 Å². The Bertz CT molecular complexity index is 1380. The molecule has 3 heterocycles. The first-order valence-corrected chi connectivity index (χ1v) is 13.7. The maximum atomic E-state index is 10.2. The van der Waals surface area contributed by atoms with Gasteiger partial charge in [0.1, 0.15) is 5.01 Å². The first kappa shape index (κ1) is 24.2. The fourth-order valence-corrected chi connectivity index (χ4v) is 6.75. The molecule has 1 aliphatic carbocycles. The van der Waals surface area contributed by atoms with Gasteiger partial charge in [0.25, 0.3) is 0 Å². The van der Waals surface area contributed by atoms with Crippen molar-refractivity contribution in [3.8, 4) is 32.3 Å². The third-order valence-electron chi connectivity index (χ3n) is 7.63. The van der Waals surface area contributed by atoms with E-state index in [-0.39, 0.29) is 0 Å². The van der Waals surface area contributed by atoms with E-state index in [9.17, 15) is 5.11 Å². The number of anilines is 1. The molecular formula is C30H33N5OS. The van der Waals surface area contributed by atoms with E-state index in [0.29, 0.717) is 12.8 Å². The van der Waals surface area contributed by atoms with Gasteiger partial charge in [-0.3, -0.25) is 4.98 Å². The number of pyridine rings is 1. The van der Waals surface area contributed by atoms with Crippen molar-refractivity contribution in [3.05, 3.63) is 78.6 Å². The zero-order valence-electron chi connectivity index (χ0n) is 21.4. The Morgan fingerprint density at radius 3 is 2.27 bits per heavy atom. The van der Waals surface area contributed by atoms with E-state index in [1.807, 2.05) is 25.4 Å². The number of likely N-dealkylation sites (N-methyl/N-ethyl adjacent to an activating group) is 1. The molecule has 1 saturated heterocycles. The van der Waals surface area contributed by atoms with Gasteiger partial charge in [0, 0.05) is 49.0 Å². The van der Waals surface area contributed by atoms with Gasteiger partial charge in [-0.2, -0.15) is 0 Å². The first-order chi connectivity index (χ1) is 17.8. The summed E-state index contributed by atoms with van der Waals surface area (Å²) in [4.78, 5) is 15.6. The summed E-state index contributed by atoms with van der Waals surface area (Å²) >= 11 is 1.71. The standard InChI is InChI=1S/C30H33N5OS/c1-29(36)19-30(31,20-29)24-10-8-21(9-11-24)26-27(22-6-4-3-5-7-22)37-28(33-26)23-16-25(18-32-17-23)35-14-12-34(2)13-15-35/h3-11,16-18,36H,12-15,19-20,31H2,1-2H3. The second-order valence-corrected chi connectivity index (χ2v) is 11.9. The number of rotatable bonds is 5. The molecule has 190 valence electrons. The number of benzene rings is 2. The van der Waals surface area contributed by atoms with Crippen molar-refractivity contribution in [1.82, 2.24) is 14.9 Å². The van der Waals surface area contributed by atoms with Crippen LogP contribution in [0.25, 0.3) is 32.3 Å². The van der Waals surface area contributed by atoms with Crippen LogP contribution in [-0.4, -0.2) is 58.8 Å². The van der Waals surface area contributed by atoms with Crippen LogP contribution in [0.5, 0.6) is 0 Å². The second-order valence-electron chi connectivity index (χ2n) is 10.9. The minimum atomic E-state index is -0.676. The highest BCUT2D eigenvalue weighted by Gasteiger charge is 2.49. The Balaban J connectivity index is 1.36. The number of thiazole rings is 1. The molecule has 0 spiro atoms. The molecule has 2 fully saturated rings. The average Bonchev–Trinajstić information content (AvgIpc) is 3.34. The molecule has 37 heavy (non-hydrogen) atoms. The van der Waals surface area contributed by atoms with Crippen LogP contribution >= 0.6 is 11.3 Å². The Kier molecular flexibility index (Phi) is 6.12. The number of aliphatic hydroxyl groups is 1. The number of nitrogens with zero attached hydrogens (tertiary/aromatic N) is 4. The van der Waals surface area contributed by atoms with E-state index in [4.69, 9.17) is 10.7 Å². The number of aromatic nitrogens is 2. The van der Waals surface area contributed by atoms with Gasteiger partial charge in [-0.05, 0) is 44.0 Å². The number of hydrogen-bond acceptors (Lipinski definition) is 7. The van der Waals surface area contributed by atoms with E-state index >= 15 is 0 Å². The zero-order chi connectivity index (χ0) is 25.6. The first-order valence-electron chi connectivity index (χ1n) is 12.9. The minimum absolute atomic E-state index is 0.465. The Morgan fingerprint density at radius 1 is 0.892 bits per heavy atom. The molecule has 2 aromatic heterocycles.